The van der Waals surface area contributed by atoms with Gasteiger partial charge in [0, 0.05) is 19.2 Å². The van der Waals surface area contributed by atoms with E-state index in [1.165, 1.54) is 0 Å². The lowest BCUT2D eigenvalue weighted by Crippen LogP contribution is -2.41. The second kappa shape index (κ2) is 6.41. The predicted molar refractivity (Wildman–Crippen MR) is 97.2 cm³/mol. The van der Waals surface area contributed by atoms with Crippen molar-refractivity contribution in [1.82, 2.24) is 10.4 Å². The summed E-state index contributed by atoms with van der Waals surface area (Å²) in [6.07, 6.45) is 2.17. The molecule has 2 aliphatic rings. The molecular weight excluding hydrogens is 314 g/mol. The summed E-state index contributed by atoms with van der Waals surface area (Å²) >= 11 is 0. The zero-order valence-electron chi connectivity index (χ0n) is 14.7. The average molecular weight is 337 g/mol. The standard InChI is InChI=1S/C20H23N3O2/c1-3-4-13-21-19-22-20(25-23(19)2)16-10-6-5-9-15(16)14-24-18-12-8-7-11-17(18)20/h5-12H,3-4,13-14H2,1-2H3,(H,21,22). The Labute approximate surface area is 148 Å². The van der Waals surface area contributed by atoms with Crippen LogP contribution in [0.2, 0.25) is 0 Å². The van der Waals surface area contributed by atoms with Crippen LogP contribution >= 0.6 is 0 Å². The molecule has 0 saturated carbocycles. The maximum Gasteiger partial charge on any atom is 0.223 e. The molecule has 1 fully saturated rings. The molecule has 0 aromatic heterocycles. The highest BCUT2D eigenvalue weighted by molar-refractivity contribution is 5.82. The zero-order valence-corrected chi connectivity index (χ0v) is 14.7. The molecule has 25 heavy (non-hydrogen) atoms. The first-order valence-corrected chi connectivity index (χ1v) is 8.81. The summed E-state index contributed by atoms with van der Waals surface area (Å²) in [5.41, 5.74) is 2.32. The Hall–Kier alpha value is -2.53. The molecule has 2 aromatic carbocycles. The van der Waals surface area contributed by atoms with Crippen molar-refractivity contribution in [3.8, 4) is 5.75 Å². The number of hydrogen-bond acceptors (Lipinski definition) is 3. The number of ether oxygens (including phenoxy) is 1. The van der Waals surface area contributed by atoms with Crippen LogP contribution in [0.3, 0.4) is 0 Å². The Kier molecular flexibility index (Phi) is 4.09. The largest absolute Gasteiger partial charge is 0.488 e. The number of unbranched alkanes of at least 4 members (excludes halogenated alkanes) is 1. The number of para-hydroxylation sites is 1. The van der Waals surface area contributed by atoms with Gasteiger partial charge in [-0.05, 0) is 18.1 Å². The lowest BCUT2D eigenvalue weighted by atomic mass is 9.91. The fourth-order valence-electron chi connectivity index (χ4n) is 3.40. The van der Waals surface area contributed by atoms with E-state index >= 15 is 0 Å². The van der Waals surface area contributed by atoms with Crippen molar-refractivity contribution >= 4 is 5.96 Å². The Balaban J connectivity index is 1.84. The summed E-state index contributed by atoms with van der Waals surface area (Å²) in [6, 6.07) is 16.3. The Morgan fingerprint density at radius 1 is 1.12 bits per heavy atom. The highest BCUT2D eigenvalue weighted by atomic mass is 16.7. The molecule has 2 heterocycles. The van der Waals surface area contributed by atoms with E-state index in [2.05, 4.69) is 29.4 Å². The molecule has 1 N–H and O–H groups in total. The van der Waals surface area contributed by atoms with E-state index in [0.717, 1.165) is 47.8 Å². The van der Waals surface area contributed by atoms with E-state index in [1.807, 2.05) is 43.4 Å². The van der Waals surface area contributed by atoms with Crippen molar-refractivity contribution < 1.29 is 9.57 Å². The summed E-state index contributed by atoms with van der Waals surface area (Å²) < 4.78 is 6.05. The summed E-state index contributed by atoms with van der Waals surface area (Å²) in [5, 5.41) is 5.27. The van der Waals surface area contributed by atoms with Crippen LogP contribution in [0.5, 0.6) is 5.75 Å². The lowest BCUT2D eigenvalue weighted by molar-refractivity contribution is -0.150. The number of nitrogens with zero attached hydrogens (tertiary/aromatic N) is 2. The number of guanidine groups is 1. The predicted octanol–water partition coefficient (Wildman–Crippen LogP) is 3.40. The molecule has 0 bridgehead atoms. The van der Waals surface area contributed by atoms with Gasteiger partial charge in [-0.1, -0.05) is 55.8 Å². The fourth-order valence-corrected chi connectivity index (χ4v) is 3.40. The van der Waals surface area contributed by atoms with Gasteiger partial charge in [0.25, 0.3) is 0 Å². The molecule has 5 heteroatoms. The van der Waals surface area contributed by atoms with Crippen LogP contribution in [0.25, 0.3) is 0 Å². The number of benzene rings is 2. The van der Waals surface area contributed by atoms with Gasteiger partial charge in [0.05, 0.1) is 5.56 Å². The summed E-state index contributed by atoms with van der Waals surface area (Å²) in [6.45, 7) is 3.47. The van der Waals surface area contributed by atoms with Crippen LogP contribution in [0.1, 0.15) is 36.5 Å². The lowest BCUT2D eigenvalue weighted by Gasteiger charge is -2.28. The van der Waals surface area contributed by atoms with E-state index in [9.17, 15) is 0 Å². The molecule has 0 radical (unpaired) electrons. The second-order valence-corrected chi connectivity index (χ2v) is 6.40. The number of hydrogen-bond donors (Lipinski definition) is 1. The SMILES string of the molecule is CCCCN=C1NC2(ON1C)c1ccccc1COc1ccccc12. The average Bonchev–Trinajstić information content (AvgIpc) is 2.91. The number of nitrogens with one attached hydrogen (secondary N) is 1. The minimum Gasteiger partial charge on any atom is -0.488 e. The molecule has 2 aromatic rings. The van der Waals surface area contributed by atoms with Crippen molar-refractivity contribution in [2.24, 2.45) is 4.99 Å². The molecule has 1 atom stereocenters. The van der Waals surface area contributed by atoms with Gasteiger partial charge in [-0.3, -0.25) is 4.99 Å². The third-order valence-corrected chi connectivity index (χ3v) is 4.68. The number of hydroxylamine groups is 2. The van der Waals surface area contributed by atoms with Crippen LogP contribution in [-0.2, 0) is 17.2 Å². The van der Waals surface area contributed by atoms with Gasteiger partial charge in [-0.2, -0.15) is 0 Å². The monoisotopic (exact) mass is 337 g/mol. The van der Waals surface area contributed by atoms with Crippen molar-refractivity contribution in [2.45, 2.75) is 32.1 Å². The normalized spacial score (nSPS) is 23.0. The van der Waals surface area contributed by atoms with Gasteiger partial charge >= 0.3 is 0 Å². The minimum atomic E-state index is -0.816. The summed E-state index contributed by atoms with van der Waals surface area (Å²) in [5.74, 6) is 1.58. The molecule has 2 aliphatic heterocycles. The van der Waals surface area contributed by atoms with Gasteiger partial charge in [0.2, 0.25) is 11.7 Å². The highest BCUT2D eigenvalue weighted by Gasteiger charge is 2.49. The fraction of sp³-hybridized carbons (Fsp3) is 0.350. The molecule has 1 spiro atoms. The maximum atomic E-state index is 6.38. The molecule has 0 amide bonds. The van der Waals surface area contributed by atoms with E-state index in [-0.39, 0.29) is 0 Å². The Morgan fingerprint density at radius 2 is 1.88 bits per heavy atom. The molecule has 1 saturated heterocycles. The first kappa shape index (κ1) is 16.0. The van der Waals surface area contributed by atoms with Crippen LogP contribution in [0, 0.1) is 0 Å². The van der Waals surface area contributed by atoms with E-state index in [0.29, 0.717) is 6.61 Å². The highest BCUT2D eigenvalue weighted by Crippen LogP contribution is 2.43. The molecule has 130 valence electrons. The summed E-state index contributed by atoms with van der Waals surface area (Å²) in [4.78, 5) is 11.1. The van der Waals surface area contributed by atoms with E-state index in [1.54, 1.807) is 5.06 Å². The van der Waals surface area contributed by atoms with Gasteiger partial charge < -0.3 is 10.1 Å². The third kappa shape index (κ3) is 2.65. The van der Waals surface area contributed by atoms with Crippen LogP contribution in [0.4, 0.5) is 0 Å². The molecule has 4 rings (SSSR count). The quantitative estimate of drug-likeness (QED) is 0.872. The van der Waals surface area contributed by atoms with Crippen molar-refractivity contribution in [3.05, 3.63) is 65.2 Å². The van der Waals surface area contributed by atoms with Crippen molar-refractivity contribution in [3.63, 3.8) is 0 Å². The molecule has 5 nitrogen and oxygen atoms in total. The topological polar surface area (TPSA) is 46.1 Å². The molecule has 0 aliphatic carbocycles. The van der Waals surface area contributed by atoms with Crippen LogP contribution in [-0.4, -0.2) is 24.6 Å². The first-order chi connectivity index (χ1) is 12.2. The molecular formula is C20H23N3O2. The van der Waals surface area contributed by atoms with Crippen LogP contribution in [0.15, 0.2) is 53.5 Å². The molecule has 1 unspecified atom stereocenters. The minimum absolute atomic E-state index is 0.520. The van der Waals surface area contributed by atoms with Crippen molar-refractivity contribution in [1.29, 1.82) is 0 Å². The second-order valence-electron chi connectivity index (χ2n) is 6.40. The summed E-state index contributed by atoms with van der Waals surface area (Å²) in [7, 11) is 1.89. The first-order valence-electron chi connectivity index (χ1n) is 8.81. The van der Waals surface area contributed by atoms with Gasteiger partial charge in [0.15, 0.2) is 0 Å². The number of rotatable bonds is 3. The van der Waals surface area contributed by atoms with E-state index < -0.39 is 5.72 Å². The van der Waals surface area contributed by atoms with Crippen LogP contribution < -0.4 is 10.1 Å². The Morgan fingerprint density at radius 3 is 2.72 bits per heavy atom. The number of fused-ring (bicyclic) bond motifs is 4. The maximum absolute atomic E-state index is 6.38. The van der Waals surface area contributed by atoms with Crippen molar-refractivity contribution in [2.75, 3.05) is 13.6 Å². The van der Waals surface area contributed by atoms with Gasteiger partial charge in [0.1, 0.15) is 12.4 Å². The zero-order chi connectivity index (χ0) is 17.3. The van der Waals surface area contributed by atoms with Gasteiger partial charge in [-0.25, -0.2) is 9.90 Å². The van der Waals surface area contributed by atoms with Gasteiger partial charge in [-0.15, -0.1) is 0 Å². The van der Waals surface area contributed by atoms with E-state index in [4.69, 9.17) is 9.57 Å². The smallest absolute Gasteiger partial charge is 0.223 e. The Bertz CT molecular complexity index is 756. The third-order valence-electron chi connectivity index (χ3n) is 4.68. The number of aliphatic imine (C=N–C) groups is 1.